The molecule has 1 rings (SSSR count). The van der Waals surface area contributed by atoms with Crippen LogP contribution >= 0.6 is 0 Å². The summed E-state index contributed by atoms with van der Waals surface area (Å²) in [4.78, 5) is 2.40. The summed E-state index contributed by atoms with van der Waals surface area (Å²) in [7, 11) is 0. The quantitative estimate of drug-likeness (QED) is 0.693. The summed E-state index contributed by atoms with van der Waals surface area (Å²) >= 11 is 0. The van der Waals surface area contributed by atoms with E-state index in [1.807, 2.05) is 13.8 Å². The van der Waals surface area contributed by atoms with E-state index in [0.29, 0.717) is 6.04 Å². The Bertz CT molecular complexity index is 180. The van der Waals surface area contributed by atoms with Crippen molar-refractivity contribution in [1.82, 2.24) is 4.90 Å². The molecule has 1 saturated heterocycles. The minimum absolute atomic E-state index is 0.229. The second-order valence-corrected chi connectivity index (χ2v) is 4.63. The molecule has 1 atom stereocenters. The van der Waals surface area contributed by atoms with E-state index in [1.54, 1.807) is 0 Å². The SMILES string of the molecule is CCN(CC1COC(C)(C)O1)C(C)C. The van der Waals surface area contributed by atoms with Crippen molar-refractivity contribution in [3.8, 4) is 0 Å². The van der Waals surface area contributed by atoms with Gasteiger partial charge in [0.15, 0.2) is 5.79 Å². The van der Waals surface area contributed by atoms with Crippen LogP contribution in [0.3, 0.4) is 0 Å². The molecule has 1 heterocycles. The van der Waals surface area contributed by atoms with Crippen LogP contribution in [0.25, 0.3) is 0 Å². The predicted molar refractivity (Wildman–Crippen MR) is 57.3 cm³/mol. The largest absolute Gasteiger partial charge is 0.348 e. The second kappa shape index (κ2) is 4.60. The highest BCUT2D eigenvalue weighted by Gasteiger charge is 2.33. The molecule has 0 amide bonds. The molecule has 0 aliphatic carbocycles. The van der Waals surface area contributed by atoms with E-state index < -0.39 is 0 Å². The van der Waals surface area contributed by atoms with Crippen molar-refractivity contribution in [2.45, 2.75) is 52.6 Å². The Morgan fingerprint density at radius 3 is 2.43 bits per heavy atom. The van der Waals surface area contributed by atoms with Crippen molar-refractivity contribution in [3.63, 3.8) is 0 Å². The van der Waals surface area contributed by atoms with Gasteiger partial charge in [-0.3, -0.25) is 4.90 Å². The van der Waals surface area contributed by atoms with Crippen LogP contribution in [-0.2, 0) is 9.47 Å². The highest BCUT2D eigenvalue weighted by Crippen LogP contribution is 2.23. The first kappa shape index (κ1) is 12.0. The van der Waals surface area contributed by atoms with Crippen LogP contribution in [0.1, 0.15) is 34.6 Å². The number of nitrogens with zero attached hydrogens (tertiary/aromatic N) is 1. The summed E-state index contributed by atoms with van der Waals surface area (Å²) in [6.07, 6.45) is 0.229. The molecule has 1 aliphatic rings. The van der Waals surface area contributed by atoms with Gasteiger partial charge in [0.25, 0.3) is 0 Å². The highest BCUT2D eigenvalue weighted by atomic mass is 16.7. The summed E-state index contributed by atoms with van der Waals surface area (Å²) in [6.45, 7) is 13.3. The smallest absolute Gasteiger partial charge is 0.163 e. The van der Waals surface area contributed by atoms with Gasteiger partial charge in [-0.2, -0.15) is 0 Å². The standard InChI is InChI=1S/C11H23NO2/c1-6-12(9(2)3)7-10-8-13-11(4,5)14-10/h9-10H,6-8H2,1-5H3. The van der Waals surface area contributed by atoms with Crippen molar-refractivity contribution in [2.75, 3.05) is 19.7 Å². The Kier molecular flexibility index (Phi) is 3.93. The molecule has 0 aromatic carbocycles. The van der Waals surface area contributed by atoms with Gasteiger partial charge >= 0.3 is 0 Å². The lowest BCUT2D eigenvalue weighted by atomic mass is 10.2. The molecule has 0 bridgehead atoms. The molecule has 14 heavy (non-hydrogen) atoms. The lowest BCUT2D eigenvalue weighted by molar-refractivity contribution is -0.140. The van der Waals surface area contributed by atoms with Crippen LogP contribution in [0.5, 0.6) is 0 Å². The van der Waals surface area contributed by atoms with Gasteiger partial charge in [-0.15, -0.1) is 0 Å². The van der Waals surface area contributed by atoms with Crippen LogP contribution in [-0.4, -0.2) is 42.5 Å². The molecular weight excluding hydrogens is 178 g/mol. The number of likely N-dealkylation sites (N-methyl/N-ethyl adjacent to an activating group) is 1. The molecule has 84 valence electrons. The molecule has 0 aromatic rings. The molecule has 3 heteroatoms. The van der Waals surface area contributed by atoms with E-state index in [-0.39, 0.29) is 11.9 Å². The van der Waals surface area contributed by atoms with Crippen molar-refractivity contribution < 1.29 is 9.47 Å². The summed E-state index contributed by atoms with van der Waals surface area (Å²) in [5.41, 5.74) is 0. The molecule has 0 saturated carbocycles. The molecular formula is C11H23NO2. The van der Waals surface area contributed by atoms with E-state index in [2.05, 4.69) is 25.7 Å². The average Bonchev–Trinajstić information content (AvgIpc) is 2.41. The number of rotatable bonds is 4. The molecule has 0 radical (unpaired) electrons. The first-order chi connectivity index (χ1) is 6.44. The Labute approximate surface area is 87.4 Å². The van der Waals surface area contributed by atoms with Gasteiger partial charge in [-0.1, -0.05) is 6.92 Å². The van der Waals surface area contributed by atoms with Crippen LogP contribution in [0.15, 0.2) is 0 Å². The van der Waals surface area contributed by atoms with E-state index >= 15 is 0 Å². The zero-order chi connectivity index (χ0) is 10.8. The van der Waals surface area contributed by atoms with Crippen LogP contribution in [0.4, 0.5) is 0 Å². The van der Waals surface area contributed by atoms with Crippen molar-refractivity contribution in [2.24, 2.45) is 0 Å². The minimum atomic E-state index is -0.388. The Morgan fingerprint density at radius 1 is 1.43 bits per heavy atom. The number of ether oxygens (including phenoxy) is 2. The molecule has 1 aliphatic heterocycles. The fraction of sp³-hybridized carbons (Fsp3) is 1.00. The maximum atomic E-state index is 5.77. The molecule has 1 fully saturated rings. The Morgan fingerprint density at radius 2 is 2.07 bits per heavy atom. The summed E-state index contributed by atoms with van der Waals surface area (Å²) in [5, 5.41) is 0. The number of hydrogen-bond donors (Lipinski definition) is 0. The maximum Gasteiger partial charge on any atom is 0.163 e. The molecule has 0 N–H and O–H groups in total. The molecule has 1 unspecified atom stereocenters. The molecule has 0 spiro atoms. The van der Waals surface area contributed by atoms with Gasteiger partial charge in [-0.05, 0) is 34.2 Å². The monoisotopic (exact) mass is 201 g/mol. The van der Waals surface area contributed by atoms with Gasteiger partial charge in [0.2, 0.25) is 0 Å². The minimum Gasteiger partial charge on any atom is -0.348 e. The first-order valence-electron chi connectivity index (χ1n) is 5.50. The third kappa shape index (κ3) is 3.23. The van der Waals surface area contributed by atoms with Gasteiger partial charge in [-0.25, -0.2) is 0 Å². The lowest BCUT2D eigenvalue weighted by Crippen LogP contribution is -2.38. The van der Waals surface area contributed by atoms with Crippen molar-refractivity contribution in [3.05, 3.63) is 0 Å². The van der Waals surface area contributed by atoms with Crippen LogP contribution < -0.4 is 0 Å². The molecule has 0 aromatic heterocycles. The normalized spacial score (nSPS) is 26.4. The summed E-state index contributed by atoms with van der Waals surface area (Å²) in [5.74, 6) is -0.388. The predicted octanol–water partition coefficient (Wildman–Crippen LogP) is 1.87. The second-order valence-electron chi connectivity index (χ2n) is 4.63. The van der Waals surface area contributed by atoms with E-state index in [0.717, 1.165) is 19.7 Å². The first-order valence-corrected chi connectivity index (χ1v) is 5.50. The summed E-state index contributed by atoms with van der Waals surface area (Å²) in [6, 6.07) is 0.576. The summed E-state index contributed by atoms with van der Waals surface area (Å²) < 4.78 is 11.3. The van der Waals surface area contributed by atoms with Gasteiger partial charge in [0, 0.05) is 12.6 Å². The maximum absolute atomic E-state index is 5.77. The van der Waals surface area contributed by atoms with E-state index in [4.69, 9.17) is 9.47 Å². The Hall–Kier alpha value is -0.120. The number of hydrogen-bond acceptors (Lipinski definition) is 3. The van der Waals surface area contributed by atoms with E-state index in [9.17, 15) is 0 Å². The zero-order valence-electron chi connectivity index (χ0n) is 10.0. The van der Waals surface area contributed by atoms with Crippen molar-refractivity contribution >= 4 is 0 Å². The van der Waals surface area contributed by atoms with Gasteiger partial charge < -0.3 is 9.47 Å². The fourth-order valence-electron chi connectivity index (χ4n) is 1.82. The highest BCUT2D eigenvalue weighted by molar-refractivity contribution is 4.75. The third-order valence-electron chi connectivity index (χ3n) is 2.64. The molecule has 3 nitrogen and oxygen atoms in total. The van der Waals surface area contributed by atoms with Crippen LogP contribution in [0.2, 0.25) is 0 Å². The third-order valence-corrected chi connectivity index (χ3v) is 2.64. The van der Waals surface area contributed by atoms with Crippen molar-refractivity contribution in [1.29, 1.82) is 0 Å². The van der Waals surface area contributed by atoms with Crippen LogP contribution in [0, 0.1) is 0 Å². The zero-order valence-corrected chi connectivity index (χ0v) is 10.0. The fourth-order valence-corrected chi connectivity index (χ4v) is 1.82. The average molecular weight is 201 g/mol. The van der Waals surface area contributed by atoms with Gasteiger partial charge in [0.05, 0.1) is 12.7 Å². The van der Waals surface area contributed by atoms with Gasteiger partial charge in [0.1, 0.15) is 0 Å². The Balaban J connectivity index is 2.38. The lowest BCUT2D eigenvalue weighted by Gasteiger charge is -2.27. The van der Waals surface area contributed by atoms with E-state index in [1.165, 1.54) is 0 Å². The topological polar surface area (TPSA) is 21.7 Å².